The van der Waals surface area contributed by atoms with Gasteiger partial charge in [-0.3, -0.25) is 5.01 Å². The minimum Gasteiger partial charge on any atom is -0.304 e. The monoisotopic (exact) mass is 227 g/mol. The topological polar surface area (TPSA) is 18.5 Å². The van der Waals surface area contributed by atoms with Gasteiger partial charge in [0.2, 0.25) is 0 Å². The molecule has 0 aliphatic carbocycles. The Labute approximate surface area is 96.3 Å². The Morgan fingerprint density at radius 2 is 2.33 bits per heavy atom. The number of likely N-dealkylation sites (N-methyl/N-ethyl adjacent to an activating group) is 1. The van der Waals surface area contributed by atoms with Gasteiger partial charge in [0.1, 0.15) is 5.16 Å². The molecule has 2 rings (SSSR count). The molecule has 0 aromatic heterocycles. The van der Waals surface area contributed by atoms with E-state index in [0.717, 1.165) is 11.7 Å². The zero-order valence-corrected chi connectivity index (χ0v) is 10.1. The minimum absolute atomic E-state index is 0.483. The van der Waals surface area contributed by atoms with Crippen LogP contribution in [0, 0.1) is 0 Å². The average Bonchev–Trinajstić information content (AvgIpc) is 2.17. The molecular formula is C11H18ClN3. The smallest absolute Gasteiger partial charge is 0.123 e. The van der Waals surface area contributed by atoms with Crippen LogP contribution in [0.3, 0.4) is 0 Å². The highest BCUT2D eigenvalue weighted by Crippen LogP contribution is 2.22. The molecule has 0 radical (unpaired) electrons. The molecule has 3 nitrogen and oxygen atoms in total. The summed E-state index contributed by atoms with van der Waals surface area (Å²) in [5, 5.41) is 2.87. The predicted octanol–water partition coefficient (Wildman–Crippen LogP) is 1.88. The number of nitrogens with one attached hydrogen (secondary N) is 1. The Balaban J connectivity index is 2.02. The van der Waals surface area contributed by atoms with Gasteiger partial charge in [-0.15, -0.1) is 0 Å². The highest BCUT2D eigenvalue weighted by molar-refractivity contribution is 6.29. The summed E-state index contributed by atoms with van der Waals surface area (Å²) in [6, 6.07) is 0.483. The van der Waals surface area contributed by atoms with Crippen LogP contribution in [0.1, 0.15) is 19.8 Å². The first-order valence-electron chi connectivity index (χ1n) is 5.45. The second-order valence-corrected chi connectivity index (χ2v) is 4.80. The normalized spacial score (nSPS) is 28.2. The van der Waals surface area contributed by atoms with Crippen LogP contribution in [0.15, 0.2) is 23.0 Å². The van der Waals surface area contributed by atoms with E-state index in [1.54, 1.807) is 0 Å². The van der Waals surface area contributed by atoms with Gasteiger partial charge in [0.25, 0.3) is 0 Å². The van der Waals surface area contributed by atoms with E-state index in [2.05, 4.69) is 22.4 Å². The summed E-state index contributed by atoms with van der Waals surface area (Å²) in [5.74, 6) is 0. The van der Waals surface area contributed by atoms with Crippen LogP contribution in [0.4, 0.5) is 0 Å². The number of hydrazine groups is 1. The van der Waals surface area contributed by atoms with Crippen molar-refractivity contribution in [3.8, 4) is 0 Å². The maximum atomic E-state index is 6.22. The van der Waals surface area contributed by atoms with E-state index >= 15 is 0 Å². The fourth-order valence-corrected chi connectivity index (χ4v) is 2.52. The maximum Gasteiger partial charge on any atom is 0.123 e. The van der Waals surface area contributed by atoms with Crippen molar-refractivity contribution >= 4 is 11.6 Å². The SMILES string of the molecule is CC1=CNN([C@@H]2CCCN(C)C2)C(Cl)=C1. The van der Waals surface area contributed by atoms with Crippen LogP contribution in [0.25, 0.3) is 0 Å². The van der Waals surface area contributed by atoms with Crippen molar-refractivity contribution in [1.29, 1.82) is 0 Å². The Bertz CT molecular complexity index is 298. The molecule has 2 heterocycles. The number of rotatable bonds is 1. The van der Waals surface area contributed by atoms with Crippen molar-refractivity contribution in [1.82, 2.24) is 15.3 Å². The fraction of sp³-hybridized carbons (Fsp3) is 0.636. The zero-order valence-electron chi connectivity index (χ0n) is 9.33. The summed E-state index contributed by atoms with van der Waals surface area (Å²) in [6.07, 6.45) is 6.45. The largest absolute Gasteiger partial charge is 0.304 e. The quantitative estimate of drug-likeness (QED) is 0.691. The molecule has 1 fully saturated rings. The summed E-state index contributed by atoms with van der Waals surface area (Å²) in [4.78, 5) is 2.35. The molecule has 0 aromatic rings. The van der Waals surface area contributed by atoms with E-state index in [1.807, 2.05) is 19.2 Å². The molecule has 1 atom stereocenters. The predicted molar refractivity (Wildman–Crippen MR) is 63.2 cm³/mol. The van der Waals surface area contributed by atoms with Crippen LogP contribution in [0.2, 0.25) is 0 Å². The molecule has 0 unspecified atom stereocenters. The van der Waals surface area contributed by atoms with Crippen molar-refractivity contribution in [2.45, 2.75) is 25.8 Å². The van der Waals surface area contributed by atoms with Crippen molar-refractivity contribution in [2.24, 2.45) is 0 Å². The summed E-state index contributed by atoms with van der Waals surface area (Å²) < 4.78 is 0. The number of nitrogens with zero attached hydrogens (tertiary/aromatic N) is 2. The van der Waals surface area contributed by atoms with Gasteiger partial charge in [-0.2, -0.15) is 0 Å². The molecule has 0 amide bonds. The molecule has 0 saturated carbocycles. The van der Waals surface area contributed by atoms with Gasteiger partial charge < -0.3 is 10.3 Å². The van der Waals surface area contributed by atoms with Crippen LogP contribution in [-0.4, -0.2) is 36.1 Å². The van der Waals surface area contributed by atoms with Crippen molar-refractivity contribution < 1.29 is 0 Å². The highest BCUT2D eigenvalue weighted by atomic mass is 35.5. The van der Waals surface area contributed by atoms with Crippen molar-refractivity contribution in [2.75, 3.05) is 20.1 Å². The third-order valence-corrected chi connectivity index (χ3v) is 3.26. The van der Waals surface area contributed by atoms with Crippen LogP contribution >= 0.6 is 11.6 Å². The summed E-state index contributed by atoms with van der Waals surface area (Å²) in [5.41, 5.74) is 4.42. The van der Waals surface area contributed by atoms with Crippen LogP contribution < -0.4 is 5.43 Å². The molecule has 0 aromatic carbocycles. The Hall–Kier alpha value is -0.670. The van der Waals surface area contributed by atoms with E-state index < -0.39 is 0 Å². The molecule has 0 bridgehead atoms. The van der Waals surface area contributed by atoms with Gasteiger partial charge in [-0.1, -0.05) is 11.6 Å². The number of hydrogen-bond acceptors (Lipinski definition) is 3. The van der Waals surface area contributed by atoms with Crippen molar-refractivity contribution in [3.63, 3.8) is 0 Å². The summed E-state index contributed by atoms with van der Waals surface area (Å²) in [6.45, 7) is 4.31. The Kier molecular flexibility index (Phi) is 3.22. The number of piperidine rings is 1. The van der Waals surface area contributed by atoms with Gasteiger partial charge in [0.05, 0.1) is 6.04 Å². The lowest BCUT2D eigenvalue weighted by molar-refractivity contribution is 0.120. The third-order valence-electron chi connectivity index (χ3n) is 2.97. The lowest BCUT2D eigenvalue weighted by Gasteiger charge is -2.39. The van der Waals surface area contributed by atoms with E-state index in [4.69, 9.17) is 11.6 Å². The minimum atomic E-state index is 0.483. The third kappa shape index (κ3) is 2.47. The molecular weight excluding hydrogens is 210 g/mol. The van der Waals surface area contributed by atoms with Gasteiger partial charge in [-0.05, 0) is 45.0 Å². The van der Waals surface area contributed by atoms with Crippen molar-refractivity contribution in [3.05, 3.63) is 23.0 Å². The maximum absolute atomic E-state index is 6.22. The van der Waals surface area contributed by atoms with E-state index in [9.17, 15) is 0 Å². The molecule has 0 spiro atoms. The summed E-state index contributed by atoms with van der Waals surface area (Å²) >= 11 is 6.22. The Morgan fingerprint density at radius 1 is 1.53 bits per heavy atom. The number of halogens is 1. The van der Waals surface area contributed by atoms with E-state index in [0.29, 0.717) is 6.04 Å². The van der Waals surface area contributed by atoms with Crippen LogP contribution in [0.5, 0.6) is 0 Å². The van der Waals surface area contributed by atoms with Gasteiger partial charge in [0.15, 0.2) is 0 Å². The Morgan fingerprint density at radius 3 is 3.00 bits per heavy atom. The molecule has 4 heteroatoms. The second kappa shape index (κ2) is 4.45. The molecule has 84 valence electrons. The van der Waals surface area contributed by atoms with Gasteiger partial charge in [-0.25, -0.2) is 0 Å². The first kappa shape index (κ1) is 10.8. The first-order valence-corrected chi connectivity index (χ1v) is 5.82. The summed E-state index contributed by atoms with van der Waals surface area (Å²) in [7, 11) is 2.16. The zero-order chi connectivity index (χ0) is 10.8. The van der Waals surface area contributed by atoms with Gasteiger partial charge in [0, 0.05) is 12.7 Å². The first-order chi connectivity index (χ1) is 7.16. The van der Waals surface area contributed by atoms with Crippen LogP contribution in [-0.2, 0) is 0 Å². The molecule has 1 saturated heterocycles. The molecule has 1 N–H and O–H groups in total. The number of likely N-dealkylation sites (tertiary alicyclic amines) is 1. The average molecular weight is 228 g/mol. The van der Waals surface area contributed by atoms with E-state index in [1.165, 1.54) is 25.0 Å². The fourth-order valence-electron chi connectivity index (χ4n) is 2.16. The molecule has 2 aliphatic heterocycles. The van der Waals surface area contributed by atoms with Gasteiger partial charge >= 0.3 is 0 Å². The van der Waals surface area contributed by atoms with E-state index in [-0.39, 0.29) is 0 Å². The number of hydrogen-bond donors (Lipinski definition) is 1. The number of allylic oxidation sites excluding steroid dienone is 2. The standard InChI is InChI=1S/C11H18ClN3/c1-9-6-11(12)15(13-7-9)10-4-3-5-14(2)8-10/h6-7,10,13H,3-5,8H2,1-2H3/t10-/m1/s1. The lowest BCUT2D eigenvalue weighted by Crippen LogP contribution is -2.50. The lowest BCUT2D eigenvalue weighted by atomic mass is 10.1. The molecule has 2 aliphatic rings. The highest BCUT2D eigenvalue weighted by Gasteiger charge is 2.25. The second-order valence-electron chi connectivity index (χ2n) is 4.41. The molecule has 15 heavy (non-hydrogen) atoms.